The molecule has 1 aromatic carbocycles. The predicted octanol–water partition coefficient (Wildman–Crippen LogP) is 3.11. The number of rotatable bonds is 7. The van der Waals surface area contributed by atoms with E-state index in [1.54, 1.807) is 31.9 Å². The van der Waals surface area contributed by atoms with Gasteiger partial charge in [-0.05, 0) is 30.0 Å². The smallest absolute Gasteiger partial charge is 0.304 e. The predicted molar refractivity (Wildman–Crippen MR) is 80.2 cm³/mol. The lowest BCUT2D eigenvalue weighted by molar-refractivity contribution is -0.139. The monoisotopic (exact) mass is 294 g/mol. The molecule has 0 saturated heterocycles. The number of carbonyl (C=O) groups is 2. The van der Waals surface area contributed by atoms with E-state index in [2.05, 4.69) is 0 Å². The molecular formula is C15H18O4S. The van der Waals surface area contributed by atoms with Crippen LogP contribution >= 0.6 is 11.8 Å². The molecule has 0 aliphatic rings. The van der Waals surface area contributed by atoms with Crippen molar-refractivity contribution in [3.63, 3.8) is 0 Å². The van der Waals surface area contributed by atoms with Crippen LogP contribution in [0.15, 0.2) is 29.2 Å². The molecule has 1 aromatic rings. The third-order valence-electron chi connectivity index (χ3n) is 2.81. The first kappa shape index (κ1) is 16.3. The third kappa shape index (κ3) is 4.74. The number of aliphatic carboxylic acids is 1. The van der Waals surface area contributed by atoms with Gasteiger partial charge in [-0.1, -0.05) is 19.1 Å². The third-order valence-corrected chi connectivity index (χ3v) is 3.59. The Morgan fingerprint density at radius 3 is 2.70 bits per heavy atom. The number of ether oxygens (including phenoxy) is 1. The van der Waals surface area contributed by atoms with Crippen molar-refractivity contribution in [1.82, 2.24) is 0 Å². The van der Waals surface area contributed by atoms with Crippen molar-refractivity contribution in [2.45, 2.75) is 18.2 Å². The van der Waals surface area contributed by atoms with Gasteiger partial charge < -0.3 is 9.84 Å². The molecule has 0 aliphatic carbocycles. The van der Waals surface area contributed by atoms with E-state index < -0.39 is 11.9 Å². The molecule has 20 heavy (non-hydrogen) atoms. The molecule has 1 N–H and O–H groups in total. The largest absolute Gasteiger partial charge is 0.496 e. The molecule has 1 rings (SSSR count). The van der Waals surface area contributed by atoms with Crippen LogP contribution in [-0.2, 0) is 9.59 Å². The minimum absolute atomic E-state index is 0.155. The molecule has 0 bridgehead atoms. The lowest BCUT2D eigenvalue weighted by Crippen LogP contribution is -2.12. The number of hydrogen-bond donors (Lipinski definition) is 1. The molecule has 1 atom stereocenters. The second-order valence-electron chi connectivity index (χ2n) is 4.35. The van der Waals surface area contributed by atoms with Crippen molar-refractivity contribution in [2.24, 2.45) is 5.92 Å². The Labute approximate surface area is 122 Å². The second-order valence-corrected chi connectivity index (χ2v) is 5.20. The van der Waals surface area contributed by atoms with Gasteiger partial charge in [-0.2, -0.15) is 0 Å². The van der Waals surface area contributed by atoms with Gasteiger partial charge in [0.1, 0.15) is 5.75 Å². The lowest BCUT2D eigenvalue weighted by Gasteiger charge is -2.07. The number of benzene rings is 1. The minimum Gasteiger partial charge on any atom is -0.496 e. The van der Waals surface area contributed by atoms with E-state index in [0.717, 1.165) is 16.2 Å². The van der Waals surface area contributed by atoms with E-state index in [-0.39, 0.29) is 12.2 Å². The summed E-state index contributed by atoms with van der Waals surface area (Å²) in [5.74, 6) is -0.924. The normalized spacial score (nSPS) is 12.3. The van der Waals surface area contributed by atoms with Gasteiger partial charge in [0.15, 0.2) is 5.78 Å². The zero-order valence-electron chi connectivity index (χ0n) is 11.8. The van der Waals surface area contributed by atoms with E-state index in [9.17, 15) is 9.59 Å². The van der Waals surface area contributed by atoms with Crippen LogP contribution in [0, 0.1) is 5.92 Å². The van der Waals surface area contributed by atoms with Crippen LogP contribution < -0.4 is 4.74 Å². The zero-order valence-corrected chi connectivity index (χ0v) is 12.6. The van der Waals surface area contributed by atoms with Crippen molar-refractivity contribution >= 4 is 29.6 Å². The maximum Gasteiger partial charge on any atom is 0.304 e. The van der Waals surface area contributed by atoms with Crippen LogP contribution in [0.25, 0.3) is 6.08 Å². The maximum absolute atomic E-state index is 11.7. The average Bonchev–Trinajstić information content (AvgIpc) is 2.43. The van der Waals surface area contributed by atoms with Gasteiger partial charge in [-0.25, -0.2) is 0 Å². The number of carbonyl (C=O) groups excluding carboxylic acids is 1. The molecule has 0 heterocycles. The Balaban J connectivity index is 2.80. The molecule has 0 radical (unpaired) electrons. The Kier molecular flexibility index (Phi) is 6.31. The molecular weight excluding hydrogens is 276 g/mol. The van der Waals surface area contributed by atoms with Crippen LogP contribution in [-0.4, -0.2) is 30.2 Å². The fraction of sp³-hybridized carbons (Fsp3) is 0.333. The van der Waals surface area contributed by atoms with E-state index in [0.29, 0.717) is 0 Å². The minimum atomic E-state index is -0.967. The van der Waals surface area contributed by atoms with E-state index in [1.165, 1.54) is 6.08 Å². The zero-order chi connectivity index (χ0) is 15.1. The number of hydrogen-bond acceptors (Lipinski definition) is 4. The first-order chi connectivity index (χ1) is 9.47. The summed E-state index contributed by atoms with van der Waals surface area (Å²) in [6, 6.07) is 5.66. The van der Waals surface area contributed by atoms with E-state index in [1.807, 2.05) is 24.5 Å². The fourth-order valence-corrected chi connectivity index (χ4v) is 2.21. The van der Waals surface area contributed by atoms with Crippen LogP contribution in [0.5, 0.6) is 5.75 Å². The van der Waals surface area contributed by atoms with Crippen molar-refractivity contribution < 1.29 is 19.4 Å². The highest BCUT2D eigenvalue weighted by molar-refractivity contribution is 7.98. The molecule has 1 unspecified atom stereocenters. The van der Waals surface area contributed by atoms with Gasteiger partial charge in [0.05, 0.1) is 13.5 Å². The number of carboxylic acid groups (broad SMARTS) is 1. The van der Waals surface area contributed by atoms with E-state index >= 15 is 0 Å². The molecule has 0 saturated carbocycles. The van der Waals surface area contributed by atoms with Gasteiger partial charge in [-0.3, -0.25) is 9.59 Å². The summed E-state index contributed by atoms with van der Waals surface area (Å²) in [4.78, 5) is 23.3. The summed E-state index contributed by atoms with van der Waals surface area (Å²) in [6.07, 6.45) is 4.90. The molecule has 0 spiro atoms. The van der Waals surface area contributed by atoms with Gasteiger partial charge in [0.2, 0.25) is 0 Å². The lowest BCUT2D eigenvalue weighted by atomic mass is 10.0. The molecule has 0 fully saturated rings. The highest BCUT2D eigenvalue weighted by atomic mass is 32.2. The summed E-state index contributed by atoms with van der Waals surface area (Å²) in [7, 11) is 1.60. The quantitative estimate of drug-likeness (QED) is 0.618. The van der Waals surface area contributed by atoms with Crippen molar-refractivity contribution in [3.05, 3.63) is 29.8 Å². The number of allylic oxidation sites excluding steroid dienone is 1. The Bertz CT molecular complexity index is 523. The first-order valence-corrected chi connectivity index (χ1v) is 7.36. The van der Waals surface area contributed by atoms with Gasteiger partial charge in [-0.15, -0.1) is 11.8 Å². The number of thioether (sulfide) groups is 1. The van der Waals surface area contributed by atoms with Crippen molar-refractivity contribution in [3.8, 4) is 5.75 Å². The first-order valence-electron chi connectivity index (χ1n) is 6.13. The highest BCUT2D eigenvalue weighted by Gasteiger charge is 2.13. The highest BCUT2D eigenvalue weighted by Crippen LogP contribution is 2.28. The van der Waals surface area contributed by atoms with Crippen LogP contribution in [0.1, 0.15) is 18.9 Å². The fourth-order valence-electron chi connectivity index (χ4n) is 1.66. The van der Waals surface area contributed by atoms with Crippen molar-refractivity contribution in [1.29, 1.82) is 0 Å². The van der Waals surface area contributed by atoms with Gasteiger partial charge in [0.25, 0.3) is 0 Å². The summed E-state index contributed by atoms with van der Waals surface area (Å²) in [5, 5.41) is 8.65. The number of carboxylic acids is 1. The second kappa shape index (κ2) is 7.75. The summed E-state index contributed by atoms with van der Waals surface area (Å²) >= 11 is 1.58. The Morgan fingerprint density at radius 2 is 2.15 bits per heavy atom. The Morgan fingerprint density at radius 1 is 1.45 bits per heavy atom. The van der Waals surface area contributed by atoms with E-state index in [4.69, 9.17) is 9.84 Å². The molecule has 108 valence electrons. The molecule has 5 heteroatoms. The Hall–Kier alpha value is -1.75. The summed E-state index contributed by atoms with van der Waals surface area (Å²) < 4.78 is 5.27. The number of methoxy groups -OCH3 is 1. The number of ketones is 1. The molecule has 0 amide bonds. The molecule has 0 aromatic heterocycles. The SMILES string of the molecule is COc1cc(C=CC(=O)C(C)CC(=O)O)ccc1SC. The van der Waals surface area contributed by atoms with Crippen LogP contribution in [0.3, 0.4) is 0 Å². The summed E-state index contributed by atoms with van der Waals surface area (Å²) in [5.41, 5.74) is 0.843. The van der Waals surface area contributed by atoms with Crippen LogP contribution in [0.2, 0.25) is 0 Å². The summed E-state index contributed by atoms with van der Waals surface area (Å²) in [6.45, 7) is 1.61. The van der Waals surface area contributed by atoms with Crippen molar-refractivity contribution in [2.75, 3.05) is 13.4 Å². The standard InChI is InChI=1S/C15H18O4S/c1-10(8-15(17)18)12(16)6-4-11-5-7-14(20-3)13(9-11)19-2/h4-7,9-10H,8H2,1-3H3,(H,17,18). The average molecular weight is 294 g/mol. The van der Waals surface area contributed by atoms with Crippen LogP contribution in [0.4, 0.5) is 0 Å². The van der Waals surface area contributed by atoms with Gasteiger partial charge in [0, 0.05) is 10.8 Å². The topological polar surface area (TPSA) is 63.6 Å². The maximum atomic E-state index is 11.7. The molecule has 0 aliphatic heterocycles. The molecule has 4 nitrogen and oxygen atoms in total. The van der Waals surface area contributed by atoms with Gasteiger partial charge >= 0.3 is 5.97 Å².